The number of rotatable bonds is 5. The quantitative estimate of drug-likeness (QED) is 0.659. The van der Waals surface area contributed by atoms with Crippen LogP contribution in [0.3, 0.4) is 0 Å². The molecule has 0 unspecified atom stereocenters. The molecule has 74 valence electrons. The van der Waals surface area contributed by atoms with E-state index >= 15 is 0 Å². The first-order chi connectivity index (χ1) is 5.81. The summed E-state index contributed by atoms with van der Waals surface area (Å²) in [4.78, 5) is 10.8. The molecule has 0 saturated heterocycles. The molecule has 0 aliphatic heterocycles. The van der Waals surface area contributed by atoms with Crippen molar-refractivity contribution in [2.24, 2.45) is 5.73 Å². The van der Waals surface area contributed by atoms with Crippen molar-refractivity contribution in [3.8, 4) is 0 Å². The Morgan fingerprint density at radius 3 is 2.42 bits per heavy atom. The van der Waals surface area contributed by atoms with Crippen molar-refractivity contribution in [1.82, 2.24) is 5.32 Å². The van der Waals surface area contributed by atoms with Crippen LogP contribution in [-0.2, 0) is 4.79 Å². The average Bonchev–Trinajstić information content (AvgIpc) is 2.14. The summed E-state index contributed by atoms with van der Waals surface area (Å²) in [7, 11) is 0. The van der Waals surface area contributed by atoms with Crippen LogP contribution in [0.5, 0.6) is 0 Å². The van der Waals surface area contributed by atoms with Crippen LogP contribution in [0.15, 0.2) is 0 Å². The summed E-state index contributed by atoms with van der Waals surface area (Å²) in [5.41, 5.74) is 5.23. The third-order valence-electron chi connectivity index (χ3n) is 1.18. The molecule has 0 atom stereocenters. The summed E-state index contributed by atoms with van der Waals surface area (Å²) in [6.07, 6.45) is 2.35. The van der Waals surface area contributed by atoms with E-state index in [1.54, 1.807) is 0 Å². The molecule has 0 spiro atoms. The van der Waals surface area contributed by atoms with Gasteiger partial charge in [-0.3, -0.25) is 4.79 Å². The van der Waals surface area contributed by atoms with Crippen LogP contribution in [0.1, 0.15) is 40.0 Å². The van der Waals surface area contributed by atoms with Crippen LogP contribution in [0.25, 0.3) is 0 Å². The van der Waals surface area contributed by atoms with E-state index in [-0.39, 0.29) is 5.91 Å². The molecular formula is C9H22N2O. The number of hydrogen-bond donors (Lipinski definition) is 2. The number of hydrogen-bond acceptors (Lipinski definition) is 2. The molecule has 0 radical (unpaired) electrons. The third kappa shape index (κ3) is 12.1. The number of amides is 1. The highest BCUT2D eigenvalue weighted by Gasteiger charge is 1.96. The van der Waals surface area contributed by atoms with Crippen molar-refractivity contribution in [1.29, 1.82) is 0 Å². The van der Waals surface area contributed by atoms with Crippen molar-refractivity contribution >= 4 is 5.91 Å². The van der Waals surface area contributed by atoms with Gasteiger partial charge in [0.1, 0.15) is 0 Å². The maximum absolute atomic E-state index is 10.8. The van der Waals surface area contributed by atoms with Crippen molar-refractivity contribution in [2.75, 3.05) is 13.1 Å². The molecule has 3 nitrogen and oxygen atoms in total. The lowest BCUT2D eigenvalue weighted by Crippen LogP contribution is -2.24. The Bertz CT molecular complexity index is 84.5. The minimum absolute atomic E-state index is 0.118. The zero-order valence-corrected chi connectivity index (χ0v) is 8.52. The second kappa shape index (κ2) is 13.1. The van der Waals surface area contributed by atoms with Crippen LogP contribution in [0.4, 0.5) is 0 Å². The Morgan fingerprint density at radius 1 is 1.42 bits per heavy atom. The smallest absolute Gasteiger partial charge is 0.220 e. The SMILES string of the molecule is CC.CCCNC(=O)CCCN. The van der Waals surface area contributed by atoms with Crippen molar-refractivity contribution in [3.63, 3.8) is 0 Å². The van der Waals surface area contributed by atoms with E-state index < -0.39 is 0 Å². The van der Waals surface area contributed by atoms with E-state index in [0.29, 0.717) is 13.0 Å². The normalized spacial score (nSPS) is 8.33. The summed E-state index contributed by atoms with van der Waals surface area (Å²) in [5.74, 6) is 0.118. The summed E-state index contributed by atoms with van der Waals surface area (Å²) in [6.45, 7) is 7.41. The van der Waals surface area contributed by atoms with E-state index in [2.05, 4.69) is 5.32 Å². The lowest BCUT2D eigenvalue weighted by atomic mass is 10.3. The predicted molar refractivity (Wildman–Crippen MR) is 52.9 cm³/mol. The number of carbonyl (C=O) groups excluding carboxylic acids is 1. The van der Waals surface area contributed by atoms with Gasteiger partial charge >= 0.3 is 0 Å². The summed E-state index contributed by atoms with van der Waals surface area (Å²) in [5, 5.41) is 2.77. The fraction of sp³-hybridized carbons (Fsp3) is 0.889. The first kappa shape index (κ1) is 14.0. The highest BCUT2D eigenvalue weighted by Crippen LogP contribution is 1.84. The number of carbonyl (C=O) groups is 1. The monoisotopic (exact) mass is 174 g/mol. The van der Waals surface area contributed by atoms with Crippen molar-refractivity contribution in [2.45, 2.75) is 40.0 Å². The van der Waals surface area contributed by atoms with Gasteiger partial charge in [0.25, 0.3) is 0 Å². The Morgan fingerprint density at radius 2 is 2.00 bits per heavy atom. The molecule has 0 bridgehead atoms. The topological polar surface area (TPSA) is 55.1 Å². The average molecular weight is 174 g/mol. The molecule has 0 aromatic carbocycles. The molecule has 0 saturated carbocycles. The molecule has 1 amide bonds. The predicted octanol–water partition coefficient (Wildman–Crippen LogP) is 1.28. The fourth-order valence-electron chi connectivity index (χ4n) is 0.615. The second-order valence-corrected chi connectivity index (χ2v) is 2.24. The first-order valence-corrected chi connectivity index (χ1v) is 4.78. The molecule has 0 aromatic heterocycles. The van der Waals surface area contributed by atoms with Gasteiger partial charge in [0, 0.05) is 13.0 Å². The van der Waals surface area contributed by atoms with Gasteiger partial charge in [0.2, 0.25) is 5.91 Å². The maximum atomic E-state index is 10.8. The van der Waals surface area contributed by atoms with E-state index in [9.17, 15) is 4.79 Å². The number of nitrogens with one attached hydrogen (secondary N) is 1. The molecule has 0 aliphatic rings. The molecular weight excluding hydrogens is 152 g/mol. The van der Waals surface area contributed by atoms with Gasteiger partial charge in [0.15, 0.2) is 0 Å². The molecule has 0 heterocycles. The minimum atomic E-state index is 0.118. The van der Waals surface area contributed by atoms with Crippen LogP contribution in [-0.4, -0.2) is 19.0 Å². The third-order valence-corrected chi connectivity index (χ3v) is 1.18. The van der Waals surface area contributed by atoms with Gasteiger partial charge < -0.3 is 11.1 Å². The van der Waals surface area contributed by atoms with Crippen LogP contribution >= 0.6 is 0 Å². The first-order valence-electron chi connectivity index (χ1n) is 4.78. The standard InChI is InChI=1S/C7H16N2O.C2H6/c1-2-6-9-7(10)4-3-5-8;1-2/h2-6,8H2,1H3,(H,9,10);1-2H3. The van der Waals surface area contributed by atoms with Crippen molar-refractivity contribution < 1.29 is 4.79 Å². The van der Waals surface area contributed by atoms with Crippen LogP contribution in [0.2, 0.25) is 0 Å². The summed E-state index contributed by atoms with van der Waals surface area (Å²) >= 11 is 0. The summed E-state index contributed by atoms with van der Waals surface area (Å²) in [6, 6.07) is 0. The fourth-order valence-corrected chi connectivity index (χ4v) is 0.615. The zero-order valence-electron chi connectivity index (χ0n) is 8.52. The van der Waals surface area contributed by atoms with Gasteiger partial charge in [-0.1, -0.05) is 20.8 Å². The zero-order chi connectivity index (χ0) is 9.82. The second-order valence-electron chi connectivity index (χ2n) is 2.24. The minimum Gasteiger partial charge on any atom is -0.356 e. The lowest BCUT2D eigenvalue weighted by molar-refractivity contribution is -0.121. The molecule has 3 N–H and O–H groups in total. The summed E-state index contributed by atoms with van der Waals surface area (Å²) < 4.78 is 0. The highest BCUT2D eigenvalue weighted by molar-refractivity contribution is 5.75. The Hall–Kier alpha value is -0.570. The maximum Gasteiger partial charge on any atom is 0.220 e. The Labute approximate surface area is 75.7 Å². The van der Waals surface area contributed by atoms with Gasteiger partial charge in [-0.05, 0) is 19.4 Å². The molecule has 0 aliphatic carbocycles. The van der Waals surface area contributed by atoms with E-state index in [0.717, 1.165) is 19.4 Å². The highest BCUT2D eigenvalue weighted by atomic mass is 16.1. The molecule has 0 rings (SSSR count). The molecule has 12 heavy (non-hydrogen) atoms. The largest absolute Gasteiger partial charge is 0.356 e. The van der Waals surface area contributed by atoms with Crippen LogP contribution < -0.4 is 11.1 Å². The van der Waals surface area contributed by atoms with E-state index in [4.69, 9.17) is 5.73 Å². The van der Waals surface area contributed by atoms with Gasteiger partial charge in [-0.25, -0.2) is 0 Å². The van der Waals surface area contributed by atoms with Gasteiger partial charge in [-0.15, -0.1) is 0 Å². The lowest BCUT2D eigenvalue weighted by Gasteiger charge is -2.00. The van der Waals surface area contributed by atoms with E-state index in [1.165, 1.54) is 0 Å². The van der Waals surface area contributed by atoms with Gasteiger partial charge in [-0.2, -0.15) is 0 Å². The van der Waals surface area contributed by atoms with Gasteiger partial charge in [0.05, 0.1) is 0 Å². The Balaban J connectivity index is 0. The van der Waals surface area contributed by atoms with E-state index in [1.807, 2.05) is 20.8 Å². The molecule has 0 fully saturated rings. The molecule has 3 heteroatoms. The molecule has 0 aromatic rings. The number of nitrogens with two attached hydrogens (primary N) is 1. The van der Waals surface area contributed by atoms with Crippen LogP contribution in [0, 0.1) is 0 Å². The Kier molecular flexibility index (Phi) is 15.2. The van der Waals surface area contributed by atoms with Crippen molar-refractivity contribution in [3.05, 3.63) is 0 Å².